The van der Waals surface area contributed by atoms with Gasteiger partial charge < -0.3 is 9.88 Å². The molecule has 0 saturated carbocycles. The van der Waals surface area contributed by atoms with Gasteiger partial charge in [0.05, 0.1) is 18.3 Å². The lowest BCUT2D eigenvalue weighted by Crippen LogP contribution is -2.40. The highest BCUT2D eigenvalue weighted by Gasteiger charge is 2.31. The van der Waals surface area contributed by atoms with Crippen LogP contribution in [0.2, 0.25) is 0 Å². The fourth-order valence-electron chi connectivity index (χ4n) is 4.39. The van der Waals surface area contributed by atoms with Crippen molar-refractivity contribution in [2.24, 2.45) is 0 Å². The van der Waals surface area contributed by atoms with Crippen molar-refractivity contribution in [1.82, 2.24) is 24.8 Å². The maximum absolute atomic E-state index is 12.8. The summed E-state index contributed by atoms with van der Waals surface area (Å²) >= 11 is 1.75. The molecule has 8 heteroatoms. The Hall–Kier alpha value is -2.84. The van der Waals surface area contributed by atoms with Gasteiger partial charge in [-0.1, -0.05) is 6.07 Å². The molecule has 2 aliphatic heterocycles. The van der Waals surface area contributed by atoms with Crippen LogP contribution in [0, 0.1) is 0 Å². The molecule has 1 fully saturated rings. The smallest absolute Gasteiger partial charge is 0.254 e. The molecule has 3 aromatic heterocycles. The largest absolute Gasteiger partial charge is 0.332 e. The van der Waals surface area contributed by atoms with E-state index < -0.39 is 0 Å². The summed E-state index contributed by atoms with van der Waals surface area (Å²) in [7, 11) is 0. The molecule has 5 heterocycles. The number of hydrogen-bond acceptors (Lipinski definition) is 6. The topological polar surface area (TPSA) is 82.2 Å². The first-order valence-corrected chi connectivity index (χ1v) is 11.1. The van der Waals surface area contributed by atoms with Crippen LogP contribution >= 0.6 is 11.3 Å². The molecular formula is C22H23N5O2S. The van der Waals surface area contributed by atoms with Crippen molar-refractivity contribution < 1.29 is 4.79 Å². The van der Waals surface area contributed by atoms with Gasteiger partial charge in [0.1, 0.15) is 5.82 Å². The number of likely N-dealkylation sites (tertiary alicyclic amines) is 1. The van der Waals surface area contributed by atoms with E-state index in [0.717, 1.165) is 37.4 Å². The van der Waals surface area contributed by atoms with Gasteiger partial charge in [-0.2, -0.15) is 0 Å². The molecule has 2 aliphatic rings. The second-order valence-corrected chi connectivity index (χ2v) is 8.83. The van der Waals surface area contributed by atoms with E-state index in [1.165, 1.54) is 4.88 Å². The normalized spacial score (nSPS) is 19.1. The molecule has 1 amide bonds. The summed E-state index contributed by atoms with van der Waals surface area (Å²) < 4.78 is 0. The minimum atomic E-state index is -0.0611. The Bertz CT molecular complexity index is 1100. The summed E-state index contributed by atoms with van der Waals surface area (Å²) in [5.74, 6) is 0.679. The minimum Gasteiger partial charge on any atom is -0.332 e. The molecule has 1 saturated heterocycles. The van der Waals surface area contributed by atoms with E-state index in [-0.39, 0.29) is 17.5 Å². The standard InChI is InChI=1S/C22H23N5O2S/c28-21-17-7-11-27(22(29)15-5-8-23-9-6-15)14-18(17)24-20(25-21)19-4-1-10-26(19)13-16-3-2-12-30-16/h2-3,5-6,8-9,12,19H,1,4,7,10-11,13-14H2,(H,24,25,28)/t19-/m1/s1. The zero-order valence-corrected chi connectivity index (χ0v) is 17.4. The van der Waals surface area contributed by atoms with Gasteiger partial charge in [-0.25, -0.2) is 4.98 Å². The number of thiophene rings is 1. The van der Waals surface area contributed by atoms with Gasteiger partial charge in [0.25, 0.3) is 11.5 Å². The van der Waals surface area contributed by atoms with Crippen LogP contribution in [0.25, 0.3) is 0 Å². The summed E-state index contributed by atoms with van der Waals surface area (Å²) in [6.45, 7) is 2.75. The number of aromatic amines is 1. The van der Waals surface area contributed by atoms with Crippen LogP contribution in [0.4, 0.5) is 0 Å². The molecule has 0 bridgehead atoms. The number of amides is 1. The highest BCUT2D eigenvalue weighted by Crippen LogP contribution is 2.32. The maximum atomic E-state index is 12.8. The highest BCUT2D eigenvalue weighted by atomic mass is 32.1. The monoisotopic (exact) mass is 421 g/mol. The van der Waals surface area contributed by atoms with Crippen LogP contribution in [-0.2, 0) is 19.5 Å². The maximum Gasteiger partial charge on any atom is 0.254 e. The lowest BCUT2D eigenvalue weighted by Gasteiger charge is -2.29. The number of pyridine rings is 1. The van der Waals surface area contributed by atoms with Gasteiger partial charge in [0.2, 0.25) is 0 Å². The van der Waals surface area contributed by atoms with Gasteiger partial charge in [0.15, 0.2) is 0 Å². The van der Waals surface area contributed by atoms with Gasteiger partial charge in [-0.05, 0) is 49.4 Å². The molecule has 1 N–H and O–H groups in total. The first kappa shape index (κ1) is 19.1. The van der Waals surface area contributed by atoms with Crippen molar-refractivity contribution in [3.8, 4) is 0 Å². The molecule has 0 radical (unpaired) electrons. The first-order valence-electron chi connectivity index (χ1n) is 10.3. The number of rotatable bonds is 4. The van der Waals surface area contributed by atoms with Gasteiger partial charge in [-0.15, -0.1) is 11.3 Å². The predicted molar refractivity (Wildman–Crippen MR) is 114 cm³/mol. The van der Waals surface area contributed by atoms with E-state index in [1.54, 1.807) is 40.8 Å². The Morgan fingerprint density at radius 3 is 2.90 bits per heavy atom. The Kier molecular flexibility index (Phi) is 5.18. The quantitative estimate of drug-likeness (QED) is 0.701. The van der Waals surface area contributed by atoms with Gasteiger partial charge in [-0.3, -0.25) is 19.5 Å². The number of fused-ring (bicyclic) bond motifs is 1. The molecule has 0 spiro atoms. The number of H-pyrrole nitrogens is 1. The number of hydrogen-bond donors (Lipinski definition) is 1. The molecule has 7 nitrogen and oxygen atoms in total. The van der Waals surface area contributed by atoms with Crippen molar-refractivity contribution in [2.75, 3.05) is 13.1 Å². The van der Waals surface area contributed by atoms with E-state index in [0.29, 0.717) is 30.6 Å². The Morgan fingerprint density at radius 2 is 2.10 bits per heavy atom. The van der Waals surface area contributed by atoms with E-state index in [9.17, 15) is 9.59 Å². The molecule has 0 aliphatic carbocycles. The Morgan fingerprint density at radius 1 is 1.23 bits per heavy atom. The van der Waals surface area contributed by atoms with Crippen LogP contribution in [0.1, 0.15) is 51.2 Å². The fourth-order valence-corrected chi connectivity index (χ4v) is 5.12. The van der Waals surface area contributed by atoms with E-state index in [2.05, 4.69) is 32.4 Å². The van der Waals surface area contributed by atoms with Crippen molar-refractivity contribution in [3.05, 3.63) is 79.9 Å². The van der Waals surface area contributed by atoms with Crippen molar-refractivity contribution >= 4 is 17.2 Å². The third-order valence-electron chi connectivity index (χ3n) is 5.92. The molecule has 3 aromatic rings. The lowest BCUT2D eigenvalue weighted by molar-refractivity contribution is 0.0730. The summed E-state index contributed by atoms with van der Waals surface area (Å²) in [5, 5.41) is 2.09. The molecule has 0 aromatic carbocycles. The number of aromatic nitrogens is 3. The zero-order valence-electron chi connectivity index (χ0n) is 16.6. The van der Waals surface area contributed by atoms with Crippen molar-refractivity contribution in [3.63, 3.8) is 0 Å². The summed E-state index contributed by atoms with van der Waals surface area (Å²) in [5.41, 5.74) is 1.98. The molecule has 5 rings (SSSR count). The van der Waals surface area contributed by atoms with Gasteiger partial charge in [0, 0.05) is 41.5 Å². The van der Waals surface area contributed by atoms with Crippen LogP contribution in [0.3, 0.4) is 0 Å². The SMILES string of the molecule is O=C(c1ccncc1)N1CCc2c(nc([C@H]3CCCN3Cc3cccs3)[nH]c2=O)C1. The number of carbonyl (C=O) groups excluding carboxylic acids is 1. The number of nitrogens with zero attached hydrogens (tertiary/aromatic N) is 4. The number of nitrogens with one attached hydrogen (secondary N) is 1. The predicted octanol–water partition coefficient (Wildman–Crippen LogP) is 2.76. The average Bonchev–Trinajstić information content (AvgIpc) is 3.46. The van der Waals surface area contributed by atoms with Crippen molar-refractivity contribution in [1.29, 1.82) is 0 Å². The van der Waals surface area contributed by atoms with Crippen molar-refractivity contribution in [2.45, 2.75) is 38.4 Å². The Labute approximate surface area is 178 Å². The van der Waals surface area contributed by atoms with Crippen LogP contribution < -0.4 is 5.56 Å². The lowest BCUT2D eigenvalue weighted by atomic mass is 10.0. The Balaban J connectivity index is 1.40. The molecule has 1 atom stereocenters. The third-order valence-corrected chi connectivity index (χ3v) is 6.79. The average molecular weight is 422 g/mol. The molecule has 154 valence electrons. The molecule has 30 heavy (non-hydrogen) atoms. The second-order valence-electron chi connectivity index (χ2n) is 7.80. The molecular weight excluding hydrogens is 398 g/mol. The van der Waals surface area contributed by atoms with Crippen LogP contribution in [0.15, 0.2) is 46.8 Å². The van der Waals surface area contributed by atoms with Crippen LogP contribution in [0.5, 0.6) is 0 Å². The zero-order chi connectivity index (χ0) is 20.5. The molecule has 0 unspecified atom stereocenters. The second kappa shape index (κ2) is 8.12. The van der Waals surface area contributed by atoms with E-state index in [1.807, 2.05) is 0 Å². The minimum absolute atomic E-state index is 0.0492. The highest BCUT2D eigenvalue weighted by molar-refractivity contribution is 7.09. The van der Waals surface area contributed by atoms with E-state index >= 15 is 0 Å². The fraction of sp³-hybridized carbons (Fsp3) is 0.364. The van der Waals surface area contributed by atoms with E-state index in [4.69, 9.17) is 4.98 Å². The first-order chi connectivity index (χ1) is 14.7. The van der Waals surface area contributed by atoms with Crippen LogP contribution in [-0.4, -0.2) is 43.7 Å². The number of carbonyl (C=O) groups is 1. The van der Waals surface area contributed by atoms with Gasteiger partial charge >= 0.3 is 0 Å². The summed E-state index contributed by atoms with van der Waals surface area (Å²) in [6.07, 6.45) is 5.83. The third kappa shape index (κ3) is 3.68. The summed E-state index contributed by atoms with van der Waals surface area (Å²) in [6, 6.07) is 7.76. The summed E-state index contributed by atoms with van der Waals surface area (Å²) in [4.78, 5) is 43.0.